The Hall–Kier alpha value is -2.37. The monoisotopic (exact) mass is 381 g/mol. The van der Waals surface area contributed by atoms with E-state index in [4.69, 9.17) is 9.47 Å². The molecule has 0 spiro atoms. The van der Waals surface area contributed by atoms with E-state index < -0.39 is 17.7 Å². The zero-order valence-corrected chi connectivity index (χ0v) is 16.1. The minimum atomic E-state index is -1.46. The predicted octanol–water partition coefficient (Wildman–Crippen LogP) is 2.46. The Morgan fingerprint density at radius 1 is 0.964 bits per heavy atom. The Balaban J connectivity index is 1.29. The van der Waals surface area contributed by atoms with E-state index in [9.17, 15) is 9.90 Å². The molecule has 0 amide bonds. The van der Waals surface area contributed by atoms with Gasteiger partial charge in [-0.2, -0.15) is 0 Å². The highest BCUT2D eigenvalue weighted by molar-refractivity contribution is 5.76. The molecule has 0 N–H and O–H groups in total. The number of hydrogen-bond acceptors (Lipinski definition) is 4. The molecule has 3 heterocycles. The van der Waals surface area contributed by atoms with Crippen molar-refractivity contribution in [3.63, 3.8) is 0 Å². The lowest BCUT2D eigenvalue weighted by molar-refractivity contribution is -0.944. The van der Waals surface area contributed by atoms with Crippen LogP contribution in [-0.2, 0) is 9.53 Å². The van der Waals surface area contributed by atoms with Crippen molar-refractivity contribution in [3.8, 4) is 5.75 Å². The normalized spacial score (nSPS) is 27.2. The average molecular weight is 381 g/mol. The van der Waals surface area contributed by atoms with Gasteiger partial charge in [0.2, 0.25) is 0 Å². The molecule has 0 saturated carbocycles. The van der Waals surface area contributed by atoms with E-state index in [2.05, 4.69) is 0 Å². The van der Waals surface area contributed by atoms with Gasteiger partial charge in [-0.05, 0) is 12.1 Å². The van der Waals surface area contributed by atoms with Crippen molar-refractivity contribution in [2.45, 2.75) is 31.0 Å². The van der Waals surface area contributed by atoms with Crippen LogP contribution < -0.4 is 9.84 Å². The highest BCUT2D eigenvalue weighted by Crippen LogP contribution is 2.40. The van der Waals surface area contributed by atoms with Crippen LogP contribution in [0.25, 0.3) is 0 Å². The Kier molecular flexibility index (Phi) is 5.38. The summed E-state index contributed by atoms with van der Waals surface area (Å²) in [7, 11) is 0. The molecule has 3 aliphatic rings. The van der Waals surface area contributed by atoms with Crippen LogP contribution in [0.2, 0.25) is 0 Å². The maximum absolute atomic E-state index is 12.4. The van der Waals surface area contributed by atoms with Crippen molar-refractivity contribution >= 4 is 5.97 Å². The van der Waals surface area contributed by atoms with Gasteiger partial charge in [0, 0.05) is 25.4 Å². The fourth-order valence-corrected chi connectivity index (χ4v) is 4.43. The van der Waals surface area contributed by atoms with Crippen LogP contribution in [0, 0.1) is 0 Å². The van der Waals surface area contributed by atoms with Crippen molar-refractivity contribution in [1.29, 1.82) is 0 Å². The number of fused-ring (bicyclic) bond motifs is 3. The third-order valence-electron chi connectivity index (χ3n) is 6.34. The first-order valence-corrected chi connectivity index (χ1v) is 10.1. The van der Waals surface area contributed by atoms with Gasteiger partial charge in [-0.1, -0.05) is 54.1 Å². The second-order valence-electron chi connectivity index (χ2n) is 8.04. The highest BCUT2D eigenvalue weighted by atomic mass is 16.6. The largest absolute Gasteiger partial charge is 0.840 e. The second kappa shape index (κ2) is 7.94. The molecule has 148 valence electrons. The van der Waals surface area contributed by atoms with Crippen LogP contribution in [0.1, 0.15) is 30.9 Å². The molecule has 3 saturated heterocycles. The highest BCUT2D eigenvalue weighted by Gasteiger charge is 2.51. The predicted molar refractivity (Wildman–Crippen MR) is 104 cm³/mol. The van der Waals surface area contributed by atoms with Crippen molar-refractivity contribution < 1.29 is 23.9 Å². The number of nitrogens with zero attached hydrogens (tertiary/aromatic N) is 1. The first kappa shape index (κ1) is 19.0. The molecule has 0 aromatic heterocycles. The van der Waals surface area contributed by atoms with E-state index in [1.54, 1.807) is 24.3 Å². The number of carbonyl (C=O) groups excluding carboxylic acids is 1. The molecular weight excluding hydrogens is 354 g/mol. The lowest BCUT2D eigenvalue weighted by Gasteiger charge is -2.54. The van der Waals surface area contributed by atoms with E-state index in [1.165, 1.54) is 0 Å². The van der Waals surface area contributed by atoms with Gasteiger partial charge in [0.1, 0.15) is 24.5 Å². The number of rotatable bonds is 7. The molecule has 2 aromatic rings. The smallest absolute Gasteiger partial charge is 0.297 e. The third kappa shape index (κ3) is 4.05. The summed E-state index contributed by atoms with van der Waals surface area (Å²) < 4.78 is 12.7. The molecule has 1 atom stereocenters. The van der Waals surface area contributed by atoms with E-state index in [-0.39, 0.29) is 0 Å². The van der Waals surface area contributed by atoms with Crippen LogP contribution in [0.5, 0.6) is 5.75 Å². The summed E-state index contributed by atoms with van der Waals surface area (Å²) in [5.74, 6) is 0.265. The van der Waals surface area contributed by atoms with Crippen LogP contribution in [-0.4, -0.2) is 48.8 Å². The Bertz CT molecular complexity index is 768. The number of benzene rings is 2. The number of piperidine rings is 3. The number of carbonyl (C=O) groups is 1. The number of hydrogen-bond donors (Lipinski definition) is 0. The Labute approximate surface area is 166 Å². The quantitative estimate of drug-likeness (QED) is 0.546. The molecule has 2 aromatic carbocycles. The lowest BCUT2D eigenvalue weighted by Crippen LogP contribution is -2.66. The molecule has 28 heavy (non-hydrogen) atoms. The van der Waals surface area contributed by atoms with E-state index >= 15 is 0 Å². The molecule has 5 nitrogen and oxygen atoms in total. The van der Waals surface area contributed by atoms with Crippen LogP contribution in [0.3, 0.4) is 0 Å². The van der Waals surface area contributed by atoms with Gasteiger partial charge in [-0.3, -0.25) is 4.79 Å². The summed E-state index contributed by atoms with van der Waals surface area (Å²) in [6, 6.07) is 18.6. The zero-order chi connectivity index (χ0) is 19.5. The summed E-state index contributed by atoms with van der Waals surface area (Å²) in [6.45, 7) is 4.57. The minimum absolute atomic E-state index is 0.450. The SMILES string of the molecule is O=C(OC12CC[N+](CCOc3ccccc3)(CC1)CC2)C([O-])c1ccccc1. The molecule has 5 heteroatoms. The summed E-state index contributed by atoms with van der Waals surface area (Å²) in [6.07, 6.45) is 1.01. The van der Waals surface area contributed by atoms with E-state index in [0.717, 1.165) is 55.7 Å². The maximum atomic E-state index is 12.4. The summed E-state index contributed by atoms with van der Waals surface area (Å²) in [5, 5.41) is 12.4. The van der Waals surface area contributed by atoms with Gasteiger partial charge in [-0.15, -0.1) is 0 Å². The lowest BCUT2D eigenvalue weighted by atomic mass is 9.81. The van der Waals surface area contributed by atoms with Gasteiger partial charge in [0.15, 0.2) is 0 Å². The van der Waals surface area contributed by atoms with Crippen molar-refractivity contribution in [3.05, 3.63) is 66.2 Å². The molecule has 3 aliphatic heterocycles. The van der Waals surface area contributed by atoms with Crippen molar-refractivity contribution in [2.75, 3.05) is 32.8 Å². The summed E-state index contributed by atoms with van der Waals surface area (Å²) in [4.78, 5) is 12.4. The van der Waals surface area contributed by atoms with Crippen molar-refractivity contribution in [1.82, 2.24) is 0 Å². The molecule has 1 unspecified atom stereocenters. The van der Waals surface area contributed by atoms with Gasteiger partial charge >= 0.3 is 0 Å². The van der Waals surface area contributed by atoms with Gasteiger partial charge in [-0.25, -0.2) is 0 Å². The Morgan fingerprint density at radius 2 is 1.54 bits per heavy atom. The number of esters is 1. The fourth-order valence-electron chi connectivity index (χ4n) is 4.43. The van der Waals surface area contributed by atoms with Crippen LogP contribution >= 0.6 is 0 Å². The van der Waals surface area contributed by atoms with Gasteiger partial charge in [0.05, 0.1) is 19.6 Å². The zero-order valence-electron chi connectivity index (χ0n) is 16.1. The Morgan fingerprint density at radius 3 is 2.14 bits per heavy atom. The molecule has 2 bridgehead atoms. The van der Waals surface area contributed by atoms with Gasteiger partial charge < -0.3 is 19.1 Å². The second-order valence-corrected chi connectivity index (χ2v) is 8.04. The first-order valence-electron chi connectivity index (χ1n) is 10.1. The van der Waals surface area contributed by atoms with Crippen LogP contribution in [0.15, 0.2) is 60.7 Å². The molecule has 0 aliphatic carbocycles. The summed E-state index contributed by atoms with van der Waals surface area (Å²) >= 11 is 0. The summed E-state index contributed by atoms with van der Waals surface area (Å²) in [5.41, 5.74) is 0.0214. The fraction of sp³-hybridized carbons (Fsp3) is 0.435. The van der Waals surface area contributed by atoms with E-state index in [0.29, 0.717) is 12.2 Å². The topological polar surface area (TPSA) is 58.6 Å². The molecule has 0 radical (unpaired) electrons. The van der Waals surface area contributed by atoms with Gasteiger partial charge in [0.25, 0.3) is 5.97 Å². The number of para-hydroxylation sites is 1. The molecule has 3 fully saturated rings. The minimum Gasteiger partial charge on any atom is -0.840 e. The van der Waals surface area contributed by atoms with Crippen LogP contribution in [0.4, 0.5) is 0 Å². The van der Waals surface area contributed by atoms with E-state index in [1.807, 2.05) is 36.4 Å². The molecular formula is C23H27NO4. The number of ether oxygens (including phenoxy) is 2. The maximum Gasteiger partial charge on any atom is 0.297 e. The first-order chi connectivity index (χ1) is 13.6. The molecule has 5 rings (SSSR count). The average Bonchev–Trinajstić information content (AvgIpc) is 2.76. The third-order valence-corrected chi connectivity index (χ3v) is 6.34. The number of quaternary nitrogens is 1. The van der Waals surface area contributed by atoms with Crippen molar-refractivity contribution in [2.24, 2.45) is 0 Å². The standard InChI is InChI=1S/C23H27NO4/c25-21(19-7-3-1-4-8-19)22(26)28-23-11-14-24(15-12-23,16-13-23)17-18-27-20-9-5-2-6-10-20/h1-10,21H,11-18H2.